The van der Waals surface area contributed by atoms with Crippen molar-refractivity contribution in [3.8, 4) is 17.1 Å². The van der Waals surface area contributed by atoms with Gasteiger partial charge in [-0.15, -0.1) is 0 Å². The summed E-state index contributed by atoms with van der Waals surface area (Å²) in [5.41, 5.74) is 4.14. The minimum atomic E-state index is -0.645. The van der Waals surface area contributed by atoms with Crippen LogP contribution in [0.5, 0.6) is 5.75 Å². The highest BCUT2D eigenvalue weighted by Gasteiger charge is 2.19. The molecule has 1 N–H and O–H groups in total. The van der Waals surface area contributed by atoms with Gasteiger partial charge in [0.1, 0.15) is 5.75 Å². The second-order valence-electron chi connectivity index (χ2n) is 7.50. The SMILES string of the molecule is Cc1ccc(C(C)C)c(OC(C)C(=O)NCc2nc(-c3ccccc3C)no2)c1. The first-order valence-corrected chi connectivity index (χ1v) is 9.78. The van der Waals surface area contributed by atoms with Crippen molar-refractivity contribution in [3.05, 3.63) is 65.0 Å². The zero-order valence-electron chi connectivity index (χ0n) is 17.5. The topological polar surface area (TPSA) is 77.2 Å². The largest absolute Gasteiger partial charge is 0.481 e. The van der Waals surface area contributed by atoms with E-state index in [9.17, 15) is 4.79 Å². The molecule has 0 aliphatic carbocycles. The van der Waals surface area contributed by atoms with E-state index in [0.717, 1.165) is 28.0 Å². The minimum Gasteiger partial charge on any atom is -0.481 e. The number of nitrogens with zero attached hydrogens (tertiary/aromatic N) is 2. The second kappa shape index (κ2) is 8.90. The van der Waals surface area contributed by atoms with Crippen LogP contribution in [0.2, 0.25) is 0 Å². The summed E-state index contributed by atoms with van der Waals surface area (Å²) < 4.78 is 11.2. The summed E-state index contributed by atoms with van der Waals surface area (Å²) in [4.78, 5) is 16.9. The van der Waals surface area contributed by atoms with Crippen LogP contribution in [0, 0.1) is 13.8 Å². The molecule has 0 spiro atoms. The van der Waals surface area contributed by atoms with Gasteiger partial charge in [0.2, 0.25) is 11.7 Å². The third-order valence-electron chi connectivity index (χ3n) is 4.73. The van der Waals surface area contributed by atoms with Gasteiger partial charge in [0.25, 0.3) is 5.91 Å². The summed E-state index contributed by atoms with van der Waals surface area (Å²) >= 11 is 0. The van der Waals surface area contributed by atoms with E-state index in [-0.39, 0.29) is 12.5 Å². The molecule has 152 valence electrons. The summed E-state index contributed by atoms with van der Waals surface area (Å²) in [6.45, 7) is 10.1. The Morgan fingerprint density at radius 2 is 1.90 bits per heavy atom. The molecule has 0 aliphatic rings. The van der Waals surface area contributed by atoms with Crippen LogP contribution < -0.4 is 10.1 Å². The number of aryl methyl sites for hydroxylation is 2. The summed E-state index contributed by atoms with van der Waals surface area (Å²) in [5.74, 6) is 1.67. The van der Waals surface area contributed by atoms with Gasteiger partial charge >= 0.3 is 0 Å². The molecule has 0 radical (unpaired) electrons. The van der Waals surface area contributed by atoms with Crippen molar-refractivity contribution in [2.75, 3.05) is 0 Å². The quantitative estimate of drug-likeness (QED) is 0.637. The van der Waals surface area contributed by atoms with Gasteiger partial charge < -0.3 is 14.6 Å². The molecule has 0 saturated heterocycles. The van der Waals surface area contributed by atoms with Crippen molar-refractivity contribution >= 4 is 5.91 Å². The van der Waals surface area contributed by atoms with Crippen molar-refractivity contribution in [2.45, 2.75) is 53.2 Å². The highest BCUT2D eigenvalue weighted by Crippen LogP contribution is 2.28. The number of nitrogens with one attached hydrogen (secondary N) is 1. The molecular weight excluding hydrogens is 366 g/mol. The van der Waals surface area contributed by atoms with Gasteiger partial charge in [0, 0.05) is 5.56 Å². The molecule has 2 aromatic carbocycles. The third kappa shape index (κ3) is 5.02. The number of hydrogen-bond acceptors (Lipinski definition) is 5. The molecule has 29 heavy (non-hydrogen) atoms. The molecule has 0 aliphatic heterocycles. The maximum Gasteiger partial charge on any atom is 0.261 e. The average molecular weight is 393 g/mol. The van der Waals surface area contributed by atoms with Gasteiger partial charge in [-0.25, -0.2) is 0 Å². The molecule has 6 nitrogen and oxygen atoms in total. The number of benzene rings is 2. The van der Waals surface area contributed by atoms with E-state index >= 15 is 0 Å². The first-order valence-electron chi connectivity index (χ1n) is 9.78. The molecule has 1 unspecified atom stereocenters. The zero-order valence-corrected chi connectivity index (χ0v) is 17.5. The molecule has 0 bridgehead atoms. The van der Waals surface area contributed by atoms with E-state index in [1.807, 2.05) is 50.2 Å². The fraction of sp³-hybridized carbons (Fsp3) is 0.348. The van der Waals surface area contributed by atoms with E-state index in [2.05, 4.69) is 35.4 Å². The molecule has 3 rings (SSSR count). The highest BCUT2D eigenvalue weighted by atomic mass is 16.5. The van der Waals surface area contributed by atoms with Gasteiger partial charge in [-0.2, -0.15) is 4.98 Å². The Hall–Kier alpha value is -3.15. The first-order chi connectivity index (χ1) is 13.8. The molecule has 0 fully saturated rings. The molecule has 1 aromatic heterocycles. The Labute approximate surface area is 171 Å². The predicted molar refractivity (Wildman–Crippen MR) is 112 cm³/mol. The lowest BCUT2D eigenvalue weighted by molar-refractivity contribution is -0.127. The van der Waals surface area contributed by atoms with Crippen LogP contribution in [0.15, 0.2) is 47.0 Å². The van der Waals surface area contributed by atoms with Crippen molar-refractivity contribution in [1.29, 1.82) is 0 Å². The smallest absolute Gasteiger partial charge is 0.261 e. The lowest BCUT2D eigenvalue weighted by Crippen LogP contribution is -2.36. The number of ether oxygens (including phenoxy) is 1. The molecular formula is C23H27N3O3. The lowest BCUT2D eigenvalue weighted by Gasteiger charge is -2.19. The van der Waals surface area contributed by atoms with Crippen LogP contribution in [0.3, 0.4) is 0 Å². The van der Waals surface area contributed by atoms with Gasteiger partial charge in [0.15, 0.2) is 6.10 Å². The monoisotopic (exact) mass is 393 g/mol. The molecule has 6 heteroatoms. The maximum absolute atomic E-state index is 12.5. The molecule has 1 heterocycles. The van der Waals surface area contributed by atoms with Crippen molar-refractivity contribution in [2.24, 2.45) is 0 Å². The van der Waals surface area contributed by atoms with Gasteiger partial charge in [-0.1, -0.05) is 55.4 Å². The van der Waals surface area contributed by atoms with E-state index < -0.39 is 6.10 Å². The van der Waals surface area contributed by atoms with E-state index in [1.165, 1.54) is 0 Å². The number of amides is 1. The van der Waals surface area contributed by atoms with Gasteiger partial charge in [-0.05, 0) is 49.4 Å². The second-order valence-corrected chi connectivity index (χ2v) is 7.50. The Kier molecular flexibility index (Phi) is 6.32. The van der Waals surface area contributed by atoms with Crippen LogP contribution in [0.4, 0.5) is 0 Å². The summed E-state index contributed by atoms with van der Waals surface area (Å²) in [6, 6.07) is 13.9. The summed E-state index contributed by atoms with van der Waals surface area (Å²) in [5, 5.41) is 6.81. The van der Waals surface area contributed by atoms with E-state index in [4.69, 9.17) is 9.26 Å². The first kappa shape index (κ1) is 20.6. The number of aromatic nitrogens is 2. The van der Waals surface area contributed by atoms with E-state index in [1.54, 1.807) is 6.92 Å². The van der Waals surface area contributed by atoms with Gasteiger partial charge in [0.05, 0.1) is 6.54 Å². The molecule has 3 aromatic rings. The van der Waals surface area contributed by atoms with E-state index in [0.29, 0.717) is 17.6 Å². The maximum atomic E-state index is 12.5. The Morgan fingerprint density at radius 1 is 1.14 bits per heavy atom. The molecule has 0 saturated carbocycles. The van der Waals surface area contributed by atoms with Crippen LogP contribution in [-0.4, -0.2) is 22.2 Å². The lowest BCUT2D eigenvalue weighted by atomic mass is 10.0. The Morgan fingerprint density at radius 3 is 2.62 bits per heavy atom. The number of carbonyl (C=O) groups is 1. The Balaban J connectivity index is 1.62. The number of carbonyl (C=O) groups excluding carboxylic acids is 1. The van der Waals surface area contributed by atoms with Crippen LogP contribution in [0.1, 0.15) is 49.3 Å². The fourth-order valence-electron chi connectivity index (χ4n) is 3.03. The summed E-state index contributed by atoms with van der Waals surface area (Å²) in [7, 11) is 0. The van der Waals surface area contributed by atoms with Crippen molar-refractivity contribution in [1.82, 2.24) is 15.5 Å². The van der Waals surface area contributed by atoms with Crippen molar-refractivity contribution in [3.63, 3.8) is 0 Å². The predicted octanol–water partition coefficient (Wildman–Crippen LogP) is 4.56. The standard InChI is InChI=1S/C23H27N3O3/c1-14(2)18-11-10-15(3)12-20(18)28-17(5)23(27)24-13-21-25-22(26-29-21)19-9-7-6-8-16(19)4/h6-12,14,17H,13H2,1-5H3,(H,24,27). The molecule has 1 atom stereocenters. The number of hydrogen-bond donors (Lipinski definition) is 1. The fourth-order valence-corrected chi connectivity index (χ4v) is 3.03. The van der Waals surface area contributed by atoms with Crippen LogP contribution >= 0.6 is 0 Å². The Bertz CT molecular complexity index is 995. The van der Waals surface area contributed by atoms with Crippen LogP contribution in [0.25, 0.3) is 11.4 Å². The van der Waals surface area contributed by atoms with Gasteiger partial charge in [-0.3, -0.25) is 4.79 Å². The summed E-state index contributed by atoms with van der Waals surface area (Å²) in [6.07, 6.45) is -0.645. The minimum absolute atomic E-state index is 0.149. The van der Waals surface area contributed by atoms with Crippen LogP contribution in [-0.2, 0) is 11.3 Å². The third-order valence-corrected chi connectivity index (χ3v) is 4.73. The zero-order chi connectivity index (χ0) is 21.0. The average Bonchev–Trinajstić information content (AvgIpc) is 3.15. The molecule has 1 amide bonds. The highest BCUT2D eigenvalue weighted by molar-refractivity contribution is 5.80. The number of rotatable bonds is 7. The normalized spacial score (nSPS) is 12.1. The van der Waals surface area contributed by atoms with Crippen molar-refractivity contribution < 1.29 is 14.1 Å².